The van der Waals surface area contributed by atoms with Gasteiger partial charge in [0.05, 0.1) is 5.69 Å². The molecule has 1 aromatic rings. The summed E-state index contributed by atoms with van der Waals surface area (Å²) in [5.74, 6) is -0.270. The van der Waals surface area contributed by atoms with Gasteiger partial charge in [-0.3, -0.25) is 15.2 Å². The molecule has 0 spiro atoms. The largest absolute Gasteiger partial charge is 0.315 e. The molecule has 0 aliphatic carbocycles. The van der Waals surface area contributed by atoms with Crippen LogP contribution in [0, 0.1) is 0 Å². The van der Waals surface area contributed by atoms with Crippen molar-refractivity contribution >= 4 is 5.91 Å². The molecule has 0 aliphatic heterocycles. The minimum Gasteiger partial charge on any atom is -0.315 e. The fourth-order valence-electron chi connectivity index (χ4n) is 0.984. The van der Waals surface area contributed by atoms with Crippen molar-refractivity contribution in [3.05, 3.63) is 30.1 Å². The molecule has 3 N–H and O–H groups in total. The molecule has 5 heteroatoms. The molecule has 0 saturated carbocycles. The molecule has 5 nitrogen and oxygen atoms in total. The monoisotopic (exact) mass is 194 g/mol. The van der Waals surface area contributed by atoms with Crippen molar-refractivity contribution in [2.45, 2.75) is 6.04 Å². The normalized spacial score (nSPS) is 12.6. The Kier molecular flexibility index (Phi) is 3.55. The van der Waals surface area contributed by atoms with Gasteiger partial charge < -0.3 is 5.73 Å². The van der Waals surface area contributed by atoms with Gasteiger partial charge in [0.1, 0.15) is 6.04 Å². The Morgan fingerprint density at radius 1 is 1.57 bits per heavy atom. The molecule has 14 heavy (non-hydrogen) atoms. The Morgan fingerprint density at radius 3 is 2.79 bits per heavy atom. The minimum absolute atomic E-state index is 0.270. The Hall–Kier alpha value is -1.46. The maximum atomic E-state index is 11.4. The van der Waals surface area contributed by atoms with Crippen LogP contribution in [0.25, 0.3) is 0 Å². The Bertz CT molecular complexity index is 299. The van der Waals surface area contributed by atoms with E-state index in [1.165, 1.54) is 0 Å². The SMILES string of the molecule is CN(C)NC(=O)C(N)c1ccccn1. The van der Waals surface area contributed by atoms with Gasteiger partial charge in [0.2, 0.25) is 0 Å². The molecule has 0 saturated heterocycles. The fraction of sp³-hybridized carbons (Fsp3) is 0.333. The van der Waals surface area contributed by atoms with E-state index < -0.39 is 6.04 Å². The lowest BCUT2D eigenvalue weighted by Crippen LogP contribution is -2.42. The predicted octanol–water partition coefficient (Wildman–Crippen LogP) is -0.326. The molecule has 0 bridgehead atoms. The maximum absolute atomic E-state index is 11.4. The van der Waals surface area contributed by atoms with Crippen molar-refractivity contribution in [3.8, 4) is 0 Å². The van der Waals surface area contributed by atoms with Gasteiger partial charge in [-0.1, -0.05) is 6.07 Å². The van der Waals surface area contributed by atoms with Crippen molar-refractivity contribution < 1.29 is 4.79 Å². The third-order valence-electron chi connectivity index (χ3n) is 1.62. The summed E-state index contributed by atoms with van der Waals surface area (Å²) in [6.07, 6.45) is 1.61. The van der Waals surface area contributed by atoms with Crippen molar-refractivity contribution in [1.29, 1.82) is 0 Å². The molecule has 1 rings (SSSR count). The van der Waals surface area contributed by atoms with Crippen LogP contribution in [0.4, 0.5) is 0 Å². The molecular weight excluding hydrogens is 180 g/mol. The van der Waals surface area contributed by atoms with E-state index in [0.717, 1.165) is 0 Å². The van der Waals surface area contributed by atoms with E-state index in [9.17, 15) is 4.79 Å². The number of pyridine rings is 1. The molecular formula is C9H14N4O. The first-order valence-corrected chi connectivity index (χ1v) is 4.25. The van der Waals surface area contributed by atoms with E-state index in [4.69, 9.17) is 5.73 Å². The fourth-order valence-corrected chi connectivity index (χ4v) is 0.984. The molecule has 1 atom stereocenters. The van der Waals surface area contributed by atoms with Crippen LogP contribution in [-0.2, 0) is 4.79 Å². The van der Waals surface area contributed by atoms with Gasteiger partial charge in [-0.05, 0) is 12.1 Å². The molecule has 0 aromatic carbocycles. The standard InChI is InChI=1S/C9H14N4O/c1-13(2)12-9(14)8(10)7-5-3-4-6-11-7/h3-6,8H,10H2,1-2H3,(H,12,14). The maximum Gasteiger partial charge on any atom is 0.257 e. The van der Waals surface area contributed by atoms with Crippen LogP contribution >= 0.6 is 0 Å². The van der Waals surface area contributed by atoms with E-state index >= 15 is 0 Å². The lowest BCUT2D eigenvalue weighted by Gasteiger charge is -2.15. The van der Waals surface area contributed by atoms with Gasteiger partial charge in [0.15, 0.2) is 0 Å². The second-order valence-electron chi connectivity index (χ2n) is 3.10. The zero-order chi connectivity index (χ0) is 10.6. The van der Waals surface area contributed by atoms with Gasteiger partial charge in [0, 0.05) is 20.3 Å². The van der Waals surface area contributed by atoms with E-state index in [0.29, 0.717) is 5.69 Å². The molecule has 76 valence electrons. The van der Waals surface area contributed by atoms with Crippen molar-refractivity contribution in [1.82, 2.24) is 15.4 Å². The Morgan fingerprint density at radius 2 is 2.29 bits per heavy atom. The first kappa shape index (κ1) is 10.6. The number of nitrogens with one attached hydrogen (secondary N) is 1. The quantitative estimate of drug-likeness (QED) is 0.647. The van der Waals surface area contributed by atoms with Crippen LogP contribution in [0.2, 0.25) is 0 Å². The molecule has 1 unspecified atom stereocenters. The second kappa shape index (κ2) is 4.69. The Balaban J connectivity index is 2.66. The van der Waals surface area contributed by atoms with E-state index in [2.05, 4.69) is 10.4 Å². The molecule has 0 fully saturated rings. The summed E-state index contributed by atoms with van der Waals surface area (Å²) in [5.41, 5.74) is 8.82. The summed E-state index contributed by atoms with van der Waals surface area (Å²) in [4.78, 5) is 15.4. The summed E-state index contributed by atoms with van der Waals surface area (Å²) in [6.45, 7) is 0. The molecule has 1 heterocycles. The van der Waals surface area contributed by atoms with Gasteiger partial charge in [-0.15, -0.1) is 0 Å². The molecule has 1 aromatic heterocycles. The first-order valence-electron chi connectivity index (χ1n) is 4.25. The van der Waals surface area contributed by atoms with Crippen LogP contribution in [0.15, 0.2) is 24.4 Å². The second-order valence-corrected chi connectivity index (χ2v) is 3.10. The number of rotatable bonds is 3. The summed E-state index contributed by atoms with van der Waals surface area (Å²) >= 11 is 0. The first-order chi connectivity index (χ1) is 6.61. The zero-order valence-corrected chi connectivity index (χ0v) is 8.27. The van der Waals surface area contributed by atoms with Gasteiger partial charge in [-0.25, -0.2) is 5.01 Å². The van der Waals surface area contributed by atoms with Crippen LogP contribution in [0.5, 0.6) is 0 Å². The summed E-state index contributed by atoms with van der Waals surface area (Å²) in [7, 11) is 3.45. The lowest BCUT2D eigenvalue weighted by molar-refractivity contribution is -0.126. The highest BCUT2D eigenvalue weighted by molar-refractivity contribution is 5.81. The van der Waals surface area contributed by atoms with E-state index in [1.54, 1.807) is 43.5 Å². The van der Waals surface area contributed by atoms with E-state index in [1.807, 2.05) is 0 Å². The highest BCUT2D eigenvalue weighted by Crippen LogP contribution is 2.05. The average molecular weight is 194 g/mol. The minimum atomic E-state index is -0.724. The number of hydrogen-bond acceptors (Lipinski definition) is 4. The van der Waals surface area contributed by atoms with E-state index in [-0.39, 0.29) is 5.91 Å². The summed E-state index contributed by atoms with van der Waals surface area (Å²) in [6, 6.07) is 4.57. The number of amides is 1. The number of nitrogens with zero attached hydrogens (tertiary/aromatic N) is 2. The number of carbonyl (C=O) groups is 1. The Labute approximate surface area is 82.9 Å². The lowest BCUT2D eigenvalue weighted by atomic mass is 10.2. The predicted molar refractivity (Wildman–Crippen MR) is 53.0 cm³/mol. The third-order valence-corrected chi connectivity index (χ3v) is 1.62. The van der Waals surface area contributed by atoms with Crippen molar-refractivity contribution in [3.63, 3.8) is 0 Å². The topological polar surface area (TPSA) is 71.2 Å². The summed E-state index contributed by atoms with van der Waals surface area (Å²) in [5, 5.41) is 1.55. The number of hydrazine groups is 1. The average Bonchev–Trinajstić information content (AvgIpc) is 2.17. The third kappa shape index (κ3) is 2.79. The molecule has 0 radical (unpaired) electrons. The zero-order valence-electron chi connectivity index (χ0n) is 8.27. The van der Waals surface area contributed by atoms with Gasteiger partial charge in [-0.2, -0.15) is 0 Å². The van der Waals surface area contributed by atoms with Gasteiger partial charge >= 0.3 is 0 Å². The van der Waals surface area contributed by atoms with Crippen molar-refractivity contribution in [2.24, 2.45) is 5.73 Å². The highest BCUT2D eigenvalue weighted by Gasteiger charge is 2.16. The van der Waals surface area contributed by atoms with Crippen LogP contribution < -0.4 is 11.2 Å². The smallest absolute Gasteiger partial charge is 0.257 e. The molecule has 1 amide bonds. The summed E-state index contributed by atoms with van der Waals surface area (Å²) < 4.78 is 0. The van der Waals surface area contributed by atoms with Crippen LogP contribution in [-0.4, -0.2) is 30.0 Å². The van der Waals surface area contributed by atoms with Crippen LogP contribution in [0.1, 0.15) is 11.7 Å². The van der Waals surface area contributed by atoms with Gasteiger partial charge in [0.25, 0.3) is 5.91 Å². The highest BCUT2D eigenvalue weighted by atomic mass is 16.2. The molecule has 0 aliphatic rings. The number of aromatic nitrogens is 1. The number of carbonyl (C=O) groups excluding carboxylic acids is 1. The van der Waals surface area contributed by atoms with Crippen LogP contribution in [0.3, 0.4) is 0 Å². The number of hydrogen-bond donors (Lipinski definition) is 2. The number of nitrogens with two attached hydrogens (primary N) is 1. The van der Waals surface area contributed by atoms with Crippen molar-refractivity contribution in [2.75, 3.05) is 14.1 Å².